The van der Waals surface area contributed by atoms with Crippen molar-refractivity contribution < 1.29 is 19.4 Å². The molecule has 2 aromatic carbocycles. The first kappa shape index (κ1) is 22.3. The summed E-state index contributed by atoms with van der Waals surface area (Å²) in [5.41, 5.74) is 3.99. The topological polar surface area (TPSA) is 79.7 Å². The van der Waals surface area contributed by atoms with Gasteiger partial charge in [-0.1, -0.05) is 35.9 Å². The van der Waals surface area contributed by atoms with E-state index >= 15 is 0 Å². The molecule has 6 nitrogen and oxygen atoms in total. The molecule has 2 heterocycles. The molecule has 1 aliphatic rings. The Kier molecular flexibility index (Phi) is 6.27. The van der Waals surface area contributed by atoms with Gasteiger partial charge in [0.25, 0.3) is 11.7 Å². The summed E-state index contributed by atoms with van der Waals surface area (Å²) >= 11 is 0. The lowest BCUT2D eigenvalue weighted by molar-refractivity contribution is -0.140. The van der Waals surface area contributed by atoms with Gasteiger partial charge in [-0.2, -0.15) is 0 Å². The van der Waals surface area contributed by atoms with Crippen LogP contribution in [0.4, 0.5) is 0 Å². The zero-order chi connectivity index (χ0) is 23.5. The fourth-order valence-corrected chi connectivity index (χ4v) is 4.10. The summed E-state index contributed by atoms with van der Waals surface area (Å²) in [7, 11) is 0. The van der Waals surface area contributed by atoms with Gasteiger partial charge in [-0.25, -0.2) is 0 Å². The summed E-state index contributed by atoms with van der Waals surface area (Å²) in [6, 6.07) is 15.8. The number of benzene rings is 2. The Morgan fingerprint density at radius 3 is 2.48 bits per heavy atom. The lowest BCUT2D eigenvalue weighted by atomic mass is 9.94. The molecule has 33 heavy (non-hydrogen) atoms. The number of ketones is 1. The number of carbonyl (C=O) groups is 2. The molecule has 6 heteroatoms. The van der Waals surface area contributed by atoms with Gasteiger partial charge in [0.2, 0.25) is 0 Å². The lowest BCUT2D eigenvalue weighted by Gasteiger charge is -2.25. The molecule has 3 aromatic rings. The third-order valence-corrected chi connectivity index (χ3v) is 5.76. The van der Waals surface area contributed by atoms with E-state index in [1.807, 2.05) is 51.1 Å². The molecule has 168 valence electrons. The number of rotatable bonds is 6. The Morgan fingerprint density at radius 1 is 1.09 bits per heavy atom. The van der Waals surface area contributed by atoms with Crippen LogP contribution < -0.4 is 4.74 Å². The Hall–Kier alpha value is -3.93. The van der Waals surface area contributed by atoms with E-state index in [1.54, 1.807) is 36.7 Å². The summed E-state index contributed by atoms with van der Waals surface area (Å²) in [4.78, 5) is 31.9. The third kappa shape index (κ3) is 4.37. The summed E-state index contributed by atoms with van der Waals surface area (Å²) < 4.78 is 5.59. The van der Waals surface area contributed by atoms with Crippen molar-refractivity contribution in [3.8, 4) is 5.75 Å². The van der Waals surface area contributed by atoms with Crippen molar-refractivity contribution in [1.29, 1.82) is 0 Å². The van der Waals surface area contributed by atoms with Crippen molar-refractivity contribution in [2.24, 2.45) is 0 Å². The zero-order valence-corrected chi connectivity index (χ0v) is 18.9. The molecule has 0 radical (unpaired) electrons. The third-order valence-electron chi connectivity index (χ3n) is 5.76. The summed E-state index contributed by atoms with van der Waals surface area (Å²) in [6.07, 6.45) is 3.32. The van der Waals surface area contributed by atoms with Crippen molar-refractivity contribution >= 4 is 17.4 Å². The highest BCUT2D eigenvalue weighted by atomic mass is 16.5. The molecule has 1 aliphatic heterocycles. The maximum absolute atomic E-state index is 13.2. The number of hydrogen-bond donors (Lipinski definition) is 1. The predicted molar refractivity (Wildman–Crippen MR) is 126 cm³/mol. The number of pyridine rings is 1. The monoisotopic (exact) mass is 442 g/mol. The minimum Gasteiger partial charge on any atom is -0.507 e. The SMILES string of the molecule is CCOc1ccc(/C(O)=C2\C(=O)C(=O)N(Cc3cccnc3)C2c2ccc(C)cc2)cc1C. The number of ether oxygens (including phenoxy) is 1. The lowest BCUT2D eigenvalue weighted by Crippen LogP contribution is -2.29. The van der Waals surface area contributed by atoms with Crippen molar-refractivity contribution in [2.75, 3.05) is 6.61 Å². The van der Waals surface area contributed by atoms with Gasteiger partial charge in [-0.15, -0.1) is 0 Å². The number of amides is 1. The van der Waals surface area contributed by atoms with Crippen LogP contribution in [0.3, 0.4) is 0 Å². The van der Waals surface area contributed by atoms with Crippen LogP contribution in [0.15, 0.2) is 72.6 Å². The van der Waals surface area contributed by atoms with Gasteiger partial charge in [0, 0.05) is 24.5 Å². The molecule has 1 unspecified atom stereocenters. The summed E-state index contributed by atoms with van der Waals surface area (Å²) in [5.74, 6) is -0.831. The average molecular weight is 443 g/mol. The number of Topliss-reactive ketones (excluding diaryl/α,β-unsaturated/α-hetero) is 1. The zero-order valence-electron chi connectivity index (χ0n) is 18.9. The minimum absolute atomic E-state index is 0.0799. The Morgan fingerprint density at radius 2 is 1.85 bits per heavy atom. The van der Waals surface area contributed by atoms with Gasteiger partial charge in [-0.05, 0) is 61.7 Å². The first-order valence-corrected chi connectivity index (χ1v) is 10.9. The van der Waals surface area contributed by atoms with Crippen molar-refractivity contribution in [3.63, 3.8) is 0 Å². The van der Waals surface area contributed by atoms with Crippen LogP contribution in [0.5, 0.6) is 5.75 Å². The van der Waals surface area contributed by atoms with E-state index in [4.69, 9.17) is 4.74 Å². The van der Waals surface area contributed by atoms with Crippen LogP contribution in [-0.2, 0) is 16.1 Å². The van der Waals surface area contributed by atoms with Crippen molar-refractivity contribution in [1.82, 2.24) is 9.88 Å². The van der Waals surface area contributed by atoms with E-state index in [2.05, 4.69) is 4.98 Å². The smallest absolute Gasteiger partial charge is 0.295 e. The van der Waals surface area contributed by atoms with Crippen LogP contribution in [0.25, 0.3) is 5.76 Å². The normalized spacial score (nSPS) is 17.4. The minimum atomic E-state index is -0.710. The number of aryl methyl sites for hydroxylation is 2. The number of hydrogen-bond acceptors (Lipinski definition) is 5. The second kappa shape index (κ2) is 9.28. The molecule has 1 N–H and O–H groups in total. The first-order chi connectivity index (χ1) is 15.9. The van der Waals surface area contributed by atoms with E-state index in [0.29, 0.717) is 17.9 Å². The molecule has 1 atom stereocenters. The van der Waals surface area contributed by atoms with E-state index in [9.17, 15) is 14.7 Å². The highest BCUT2D eigenvalue weighted by Crippen LogP contribution is 2.40. The fourth-order valence-electron chi connectivity index (χ4n) is 4.10. The number of carbonyl (C=O) groups excluding carboxylic acids is 2. The van der Waals surface area contributed by atoms with Gasteiger partial charge in [0.15, 0.2) is 0 Å². The molecular weight excluding hydrogens is 416 g/mol. The Balaban J connectivity index is 1.84. The summed E-state index contributed by atoms with van der Waals surface area (Å²) in [6.45, 7) is 6.48. The van der Waals surface area contributed by atoms with Gasteiger partial charge >= 0.3 is 0 Å². The number of nitrogens with zero attached hydrogens (tertiary/aromatic N) is 2. The highest BCUT2D eigenvalue weighted by molar-refractivity contribution is 6.46. The van der Waals surface area contributed by atoms with Crippen LogP contribution in [0, 0.1) is 13.8 Å². The van der Waals surface area contributed by atoms with Crippen LogP contribution in [0.2, 0.25) is 0 Å². The second-order valence-corrected chi connectivity index (χ2v) is 8.11. The molecule has 4 rings (SSSR count). The summed E-state index contributed by atoms with van der Waals surface area (Å²) in [5, 5.41) is 11.3. The predicted octanol–water partition coefficient (Wildman–Crippen LogP) is 4.72. The van der Waals surface area contributed by atoms with Gasteiger partial charge in [-0.3, -0.25) is 14.6 Å². The maximum Gasteiger partial charge on any atom is 0.295 e. The van der Waals surface area contributed by atoms with Crippen LogP contribution in [-0.4, -0.2) is 33.3 Å². The quantitative estimate of drug-likeness (QED) is 0.339. The highest BCUT2D eigenvalue weighted by Gasteiger charge is 2.46. The Bertz CT molecular complexity index is 1220. The molecule has 1 amide bonds. The van der Waals surface area contributed by atoms with Gasteiger partial charge in [0.05, 0.1) is 18.2 Å². The fraction of sp³-hybridized carbons (Fsp3) is 0.222. The van der Waals surface area contributed by atoms with E-state index in [0.717, 1.165) is 22.3 Å². The first-order valence-electron chi connectivity index (χ1n) is 10.9. The number of aliphatic hydroxyl groups excluding tert-OH is 1. The molecule has 0 bridgehead atoms. The average Bonchev–Trinajstić information content (AvgIpc) is 3.06. The van der Waals surface area contributed by atoms with Crippen molar-refractivity contribution in [3.05, 3.63) is 100 Å². The van der Waals surface area contributed by atoms with Crippen LogP contribution in [0.1, 0.15) is 40.8 Å². The second-order valence-electron chi connectivity index (χ2n) is 8.11. The van der Waals surface area contributed by atoms with Crippen molar-refractivity contribution in [2.45, 2.75) is 33.4 Å². The maximum atomic E-state index is 13.2. The molecular formula is C27H26N2O4. The molecule has 0 aliphatic carbocycles. The number of likely N-dealkylation sites (tertiary alicyclic amines) is 1. The molecule has 0 saturated carbocycles. The molecule has 0 spiro atoms. The largest absolute Gasteiger partial charge is 0.507 e. The molecule has 1 aromatic heterocycles. The molecule has 1 fully saturated rings. The van der Waals surface area contributed by atoms with E-state index in [1.165, 1.54) is 4.90 Å². The standard InChI is InChI=1S/C27H26N2O4/c1-4-33-22-12-11-21(14-18(22)3)25(30)23-24(20-9-7-17(2)8-10-20)29(27(32)26(23)31)16-19-6-5-13-28-15-19/h5-15,24,30H,4,16H2,1-3H3/b25-23+. The van der Waals surface area contributed by atoms with Gasteiger partial charge < -0.3 is 14.7 Å². The van der Waals surface area contributed by atoms with E-state index < -0.39 is 17.7 Å². The van der Waals surface area contributed by atoms with Crippen LogP contribution >= 0.6 is 0 Å². The Labute approximate surface area is 193 Å². The number of aromatic nitrogens is 1. The number of aliphatic hydroxyl groups is 1. The van der Waals surface area contributed by atoms with E-state index in [-0.39, 0.29) is 17.9 Å². The molecule has 1 saturated heterocycles. The van der Waals surface area contributed by atoms with Gasteiger partial charge in [0.1, 0.15) is 11.5 Å².